The standard InChI is InChI=1S/C46H32N4/c1-3-15-29(16-4-1)42-32-20-8-11-26-38(32)47-44(49-42)33-21-13-24-36-41(33)31-19-7-9-22-34(31)46(36)35-23-10-12-28-40(35)50-43-37(46)25-14-27-39(43)48-45(50)30-17-5-2-6-18-30/h1-28,42,44,47,49H. The third-order valence-corrected chi connectivity index (χ3v) is 11.1. The molecule has 7 aromatic carbocycles. The van der Waals surface area contributed by atoms with E-state index in [0.717, 1.165) is 22.6 Å². The fraction of sp³-hybridized carbons (Fsp3) is 0.0652. The fourth-order valence-electron chi connectivity index (χ4n) is 9.18. The number of hydrogen-bond donors (Lipinski definition) is 2. The Hall–Kier alpha value is -6.23. The molecule has 0 radical (unpaired) electrons. The zero-order chi connectivity index (χ0) is 32.8. The smallest absolute Gasteiger partial charge is 0.145 e. The first kappa shape index (κ1) is 27.7. The van der Waals surface area contributed by atoms with Crippen molar-refractivity contribution in [2.24, 2.45) is 0 Å². The summed E-state index contributed by atoms with van der Waals surface area (Å²) in [6.07, 6.45) is -0.113. The van der Waals surface area contributed by atoms with Crippen LogP contribution < -0.4 is 10.6 Å². The van der Waals surface area contributed by atoms with E-state index in [-0.39, 0.29) is 12.2 Å². The summed E-state index contributed by atoms with van der Waals surface area (Å²) in [5.74, 6) is 0.969. The molecule has 2 N–H and O–H groups in total. The number of hydrogen-bond acceptors (Lipinski definition) is 3. The van der Waals surface area contributed by atoms with E-state index in [2.05, 4.69) is 185 Å². The molecule has 0 saturated carbocycles. The van der Waals surface area contributed by atoms with Crippen molar-refractivity contribution in [2.75, 3.05) is 5.32 Å². The minimum Gasteiger partial charge on any atom is -0.366 e. The molecule has 4 nitrogen and oxygen atoms in total. The number of nitrogens with zero attached hydrogens (tertiary/aromatic N) is 2. The molecule has 0 fully saturated rings. The zero-order valence-corrected chi connectivity index (χ0v) is 27.2. The van der Waals surface area contributed by atoms with Gasteiger partial charge < -0.3 is 5.32 Å². The molecule has 0 bridgehead atoms. The molecule has 8 aromatic rings. The van der Waals surface area contributed by atoms with Crippen LogP contribution in [-0.2, 0) is 5.41 Å². The minimum atomic E-state index is -0.520. The number of fused-ring (bicyclic) bond motifs is 10. The van der Waals surface area contributed by atoms with Crippen molar-refractivity contribution in [3.63, 3.8) is 0 Å². The van der Waals surface area contributed by atoms with Crippen LogP contribution in [0.5, 0.6) is 0 Å². The van der Waals surface area contributed by atoms with E-state index < -0.39 is 5.41 Å². The maximum absolute atomic E-state index is 5.31. The highest BCUT2D eigenvalue weighted by Gasteiger charge is 2.52. The fourth-order valence-corrected chi connectivity index (χ4v) is 9.18. The monoisotopic (exact) mass is 640 g/mol. The van der Waals surface area contributed by atoms with Crippen molar-refractivity contribution in [2.45, 2.75) is 17.6 Å². The van der Waals surface area contributed by atoms with Gasteiger partial charge in [-0.25, -0.2) is 4.98 Å². The first-order valence-electron chi connectivity index (χ1n) is 17.4. The van der Waals surface area contributed by atoms with Gasteiger partial charge in [-0.15, -0.1) is 0 Å². The second kappa shape index (κ2) is 10.4. The molecule has 1 aliphatic carbocycles. The van der Waals surface area contributed by atoms with E-state index in [9.17, 15) is 0 Å². The molecular formula is C46H32N4. The van der Waals surface area contributed by atoms with Crippen molar-refractivity contribution < 1.29 is 0 Å². The van der Waals surface area contributed by atoms with E-state index in [1.54, 1.807) is 0 Å². The summed E-state index contributed by atoms with van der Waals surface area (Å²) in [6, 6.07) is 61.8. The average molecular weight is 641 g/mol. The van der Waals surface area contributed by atoms with Crippen LogP contribution in [0, 0.1) is 0 Å². The van der Waals surface area contributed by atoms with Gasteiger partial charge in [0.25, 0.3) is 0 Å². The molecule has 4 heteroatoms. The van der Waals surface area contributed by atoms with Crippen LogP contribution in [0.1, 0.15) is 51.2 Å². The highest BCUT2D eigenvalue weighted by molar-refractivity contribution is 5.98. The highest BCUT2D eigenvalue weighted by Crippen LogP contribution is 2.61. The predicted octanol–water partition coefficient (Wildman–Crippen LogP) is 10.2. The van der Waals surface area contributed by atoms with Gasteiger partial charge in [-0.05, 0) is 68.3 Å². The molecule has 0 amide bonds. The topological polar surface area (TPSA) is 41.9 Å². The summed E-state index contributed by atoms with van der Waals surface area (Å²) in [5, 5.41) is 7.96. The molecule has 11 rings (SSSR count). The van der Waals surface area contributed by atoms with Gasteiger partial charge in [-0.1, -0.05) is 152 Å². The lowest BCUT2D eigenvalue weighted by molar-refractivity contribution is 0.507. The van der Waals surface area contributed by atoms with Crippen LogP contribution in [0.15, 0.2) is 170 Å². The van der Waals surface area contributed by atoms with Crippen molar-refractivity contribution in [1.29, 1.82) is 0 Å². The predicted molar refractivity (Wildman–Crippen MR) is 202 cm³/mol. The molecule has 1 aromatic heterocycles. The zero-order valence-electron chi connectivity index (χ0n) is 27.2. The summed E-state index contributed by atoms with van der Waals surface area (Å²) in [7, 11) is 0. The second-order valence-electron chi connectivity index (χ2n) is 13.6. The summed E-state index contributed by atoms with van der Waals surface area (Å²) < 4.78 is 2.40. The van der Waals surface area contributed by atoms with Gasteiger partial charge in [0, 0.05) is 11.3 Å². The number of benzene rings is 7. The van der Waals surface area contributed by atoms with Crippen LogP contribution in [0.3, 0.4) is 0 Å². The number of aromatic nitrogens is 2. The highest BCUT2D eigenvalue weighted by atomic mass is 15.2. The summed E-state index contributed by atoms with van der Waals surface area (Å²) in [6.45, 7) is 0. The van der Waals surface area contributed by atoms with E-state index in [0.29, 0.717) is 0 Å². The van der Waals surface area contributed by atoms with Gasteiger partial charge in [0.2, 0.25) is 0 Å². The van der Waals surface area contributed by atoms with Crippen LogP contribution in [0.25, 0.3) is 39.2 Å². The van der Waals surface area contributed by atoms with E-state index in [4.69, 9.17) is 4.98 Å². The van der Waals surface area contributed by atoms with Crippen molar-refractivity contribution >= 4 is 16.7 Å². The molecule has 50 heavy (non-hydrogen) atoms. The number of rotatable bonds is 3. The first-order valence-corrected chi connectivity index (χ1v) is 17.4. The normalized spacial score (nSPS) is 19.4. The summed E-state index contributed by atoms with van der Waals surface area (Å²) >= 11 is 0. The van der Waals surface area contributed by atoms with Gasteiger partial charge in [0.15, 0.2) is 0 Å². The minimum absolute atomic E-state index is 0.0510. The van der Waals surface area contributed by atoms with Crippen LogP contribution in [0.4, 0.5) is 5.69 Å². The molecule has 2 aliphatic heterocycles. The Bertz CT molecular complexity index is 2620. The lowest BCUT2D eigenvalue weighted by Gasteiger charge is -2.40. The van der Waals surface area contributed by atoms with Crippen LogP contribution in [0.2, 0.25) is 0 Å². The Morgan fingerprint density at radius 1 is 0.540 bits per heavy atom. The van der Waals surface area contributed by atoms with Gasteiger partial charge in [-0.2, -0.15) is 0 Å². The van der Waals surface area contributed by atoms with Gasteiger partial charge in [0.05, 0.1) is 28.2 Å². The number of nitrogens with one attached hydrogen (secondary N) is 2. The average Bonchev–Trinajstić information content (AvgIpc) is 3.73. The Labute approximate surface area is 290 Å². The lowest BCUT2D eigenvalue weighted by atomic mass is 9.65. The largest absolute Gasteiger partial charge is 0.366 e. The number of imidazole rings is 1. The molecule has 236 valence electrons. The van der Waals surface area contributed by atoms with Crippen molar-refractivity contribution in [1.82, 2.24) is 14.9 Å². The third kappa shape index (κ3) is 3.61. The van der Waals surface area contributed by atoms with E-state index in [1.165, 1.54) is 61.3 Å². The van der Waals surface area contributed by atoms with Gasteiger partial charge in [0.1, 0.15) is 12.0 Å². The van der Waals surface area contributed by atoms with E-state index >= 15 is 0 Å². The van der Waals surface area contributed by atoms with Crippen LogP contribution in [-0.4, -0.2) is 9.55 Å². The van der Waals surface area contributed by atoms with E-state index in [1.807, 2.05) is 0 Å². The second-order valence-corrected chi connectivity index (χ2v) is 13.6. The third-order valence-electron chi connectivity index (χ3n) is 11.1. The molecule has 3 aliphatic rings. The molecule has 3 heterocycles. The summed E-state index contributed by atoms with van der Waals surface area (Å²) in [4.78, 5) is 5.31. The maximum Gasteiger partial charge on any atom is 0.145 e. The molecule has 1 spiro atoms. The molecule has 3 atom stereocenters. The quantitative estimate of drug-likeness (QED) is 0.202. The maximum atomic E-state index is 5.31. The van der Waals surface area contributed by atoms with Gasteiger partial charge in [-0.3, -0.25) is 9.88 Å². The number of para-hydroxylation sites is 3. The Morgan fingerprint density at radius 3 is 2.08 bits per heavy atom. The SMILES string of the molecule is c1ccc(-c2nc3cccc4c3n2-c2ccccc2C42c3ccccc3-c3c(C4Nc5ccccc5C(c5ccccc5)N4)cccc32)cc1. The molecular weight excluding hydrogens is 609 g/mol. The van der Waals surface area contributed by atoms with Gasteiger partial charge >= 0.3 is 0 Å². The van der Waals surface area contributed by atoms with Crippen LogP contribution >= 0.6 is 0 Å². The Balaban J connectivity index is 1.19. The van der Waals surface area contributed by atoms with Crippen molar-refractivity contribution in [3.05, 3.63) is 209 Å². The lowest BCUT2D eigenvalue weighted by Crippen LogP contribution is -2.37. The Morgan fingerprint density at radius 2 is 1.20 bits per heavy atom. The number of anilines is 1. The Kier molecular flexibility index (Phi) is 5.75. The molecule has 0 saturated heterocycles. The van der Waals surface area contributed by atoms with Crippen molar-refractivity contribution in [3.8, 4) is 28.2 Å². The molecule has 3 unspecified atom stereocenters. The summed E-state index contributed by atoms with van der Waals surface area (Å²) in [5.41, 5.74) is 16.6. The first-order chi connectivity index (χ1) is 24.8.